The summed E-state index contributed by atoms with van der Waals surface area (Å²) in [6.07, 6.45) is 0. The van der Waals surface area contributed by atoms with Gasteiger partial charge in [0, 0.05) is 5.56 Å². The Morgan fingerprint density at radius 2 is 1.81 bits per heavy atom. The summed E-state index contributed by atoms with van der Waals surface area (Å²) >= 11 is 5.82. The van der Waals surface area contributed by atoms with E-state index in [1.807, 2.05) is 31.2 Å². The van der Waals surface area contributed by atoms with Gasteiger partial charge in [0.2, 0.25) is 0 Å². The van der Waals surface area contributed by atoms with Crippen molar-refractivity contribution < 1.29 is 4.42 Å². The molecule has 0 aliphatic heterocycles. The second-order valence-corrected chi connectivity index (χ2v) is 3.92. The number of aromatic nitrogens is 1. The molecule has 0 aliphatic carbocycles. The van der Waals surface area contributed by atoms with Crippen molar-refractivity contribution in [3.8, 4) is 11.3 Å². The Balaban J connectivity index is 2.60. The SMILES string of the molecule is Cc1ccc(-c2nc(Cl)c(C)oc2=O)cc1. The van der Waals surface area contributed by atoms with Crippen LogP contribution in [0.5, 0.6) is 0 Å². The lowest BCUT2D eigenvalue weighted by Gasteiger charge is -2.01. The molecule has 0 amide bonds. The molecule has 1 aromatic heterocycles. The molecule has 0 aliphatic rings. The molecule has 0 radical (unpaired) electrons. The first-order chi connectivity index (χ1) is 7.58. The second-order valence-electron chi connectivity index (χ2n) is 3.56. The van der Waals surface area contributed by atoms with E-state index in [0.717, 1.165) is 5.56 Å². The number of benzene rings is 1. The molecule has 16 heavy (non-hydrogen) atoms. The standard InChI is InChI=1S/C12H10ClNO2/c1-7-3-5-9(6-4-7)10-12(15)16-8(2)11(13)14-10/h3-6H,1-2H3. The molecular weight excluding hydrogens is 226 g/mol. The Morgan fingerprint density at radius 1 is 1.19 bits per heavy atom. The fourth-order valence-electron chi connectivity index (χ4n) is 1.35. The number of nitrogens with zero attached hydrogens (tertiary/aromatic N) is 1. The predicted octanol–water partition coefficient (Wildman–Crippen LogP) is 2.97. The van der Waals surface area contributed by atoms with Crippen LogP contribution in [-0.4, -0.2) is 4.98 Å². The van der Waals surface area contributed by atoms with Gasteiger partial charge in [-0.2, -0.15) is 0 Å². The number of rotatable bonds is 1. The molecule has 0 bridgehead atoms. The van der Waals surface area contributed by atoms with Crippen molar-refractivity contribution in [1.82, 2.24) is 4.98 Å². The van der Waals surface area contributed by atoms with Crippen LogP contribution in [0.15, 0.2) is 33.5 Å². The van der Waals surface area contributed by atoms with Gasteiger partial charge >= 0.3 is 5.63 Å². The van der Waals surface area contributed by atoms with E-state index in [9.17, 15) is 4.79 Å². The lowest BCUT2D eigenvalue weighted by molar-refractivity contribution is 0.475. The highest BCUT2D eigenvalue weighted by molar-refractivity contribution is 6.30. The van der Waals surface area contributed by atoms with Crippen molar-refractivity contribution in [3.63, 3.8) is 0 Å². The zero-order valence-electron chi connectivity index (χ0n) is 8.95. The van der Waals surface area contributed by atoms with Crippen LogP contribution in [-0.2, 0) is 0 Å². The van der Waals surface area contributed by atoms with Crippen molar-refractivity contribution in [2.75, 3.05) is 0 Å². The van der Waals surface area contributed by atoms with Gasteiger partial charge in [0.15, 0.2) is 10.8 Å². The highest BCUT2D eigenvalue weighted by Crippen LogP contribution is 2.18. The van der Waals surface area contributed by atoms with Gasteiger partial charge in [0.25, 0.3) is 0 Å². The minimum Gasteiger partial charge on any atom is -0.423 e. The monoisotopic (exact) mass is 235 g/mol. The maximum Gasteiger partial charge on any atom is 0.362 e. The van der Waals surface area contributed by atoms with E-state index in [2.05, 4.69) is 4.98 Å². The molecule has 4 heteroatoms. The first-order valence-electron chi connectivity index (χ1n) is 4.82. The Bertz CT molecular complexity index is 573. The topological polar surface area (TPSA) is 43.1 Å². The fraction of sp³-hybridized carbons (Fsp3) is 0.167. The third kappa shape index (κ3) is 1.99. The zero-order valence-corrected chi connectivity index (χ0v) is 9.71. The number of aryl methyl sites for hydroxylation is 2. The van der Waals surface area contributed by atoms with E-state index >= 15 is 0 Å². The van der Waals surface area contributed by atoms with Gasteiger partial charge in [-0.05, 0) is 13.8 Å². The van der Waals surface area contributed by atoms with Crippen molar-refractivity contribution in [2.45, 2.75) is 13.8 Å². The van der Waals surface area contributed by atoms with Crippen LogP contribution in [0.3, 0.4) is 0 Å². The van der Waals surface area contributed by atoms with E-state index in [1.54, 1.807) is 6.92 Å². The van der Waals surface area contributed by atoms with Crippen LogP contribution in [0.2, 0.25) is 5.15 Å². The molecule has 2 rings (SSSR count). The van der Waals surface area contributed by atoms with E-state index in [-0.39, 0.29) is 10.8 Å². The maximum atomic E-state index is 11.6. The summed E-state index contributed by atoms with van der Waals surface area (Å²) in [5, 5.41) is 0.218. The minimum absolute atomic E-state index is 0.218. The molecule has 0 atom stereocenters. The van der Waals surface area contributed by atoms with Crippen molar-refractivity contribution in [3.05, 3.63) is 51.2 Å². The summed E-state index contributed by atoms with van der Waals surface area (Å²) < 4.78 is 4.97. The van der Waals surface area contributed by atoms with Crippen molar-refractivity contribution in [1.29, 1.82) is 0 Å². The predicted molar refractivity (Wildman–Crippen MR) is 62.7 cm³/mol. The molecule has 0 fully saturated rings. The molecule has 0 unspecified atom stereocenters. The quantitative estimate of drug-likeness (QED) is 0.763. The average molecular weight is 236 g/mol. The van der Waals surface area contributed by atoms with Crippen LogP contribution in [0.25, 0.3) is 11.3 Å². The van der Waals surface area contributed by atoms with Crippen LogP contribution in [0, 0.1) is 13.8 Å². The van der Waals surface area contributed by atoms with E-state index in [0.29, 0.717) is 11.3 Å². The van der Waals surface area contributed by atoms with Gasteiger partial charge in [-0.25, -0.2) is 9.78 Å². The van der Waals surface area contributed by atoms with Crippen LogP contribution in [0.1, 0.15) is 11.3 Å². The van der Waals surface area contributed by atoms with Gasteiger partial charge in [-0.15, -0.1) is 0 Å². The molecular formula is C12H10ClNO2. The van der Waals surface area contributed by atoms with Crippen LogP contribution < -0.4 is 5.63 Å². The Kier molecular flexibility index (Phi) is 2.79. The van der Waals surface area contributed by atoms with Gasteiger partial charge in [0.1, 0.15) is 5.76 Å². The summed E-state index contributed by atoms with van der Waals surface area (Å²) in [7, 11) is 0. The lowest BCUT2D eigenvalue weighted by Crippen LogP contribution is -2.07. The number of hydrogen-bond acceptors (Lipinski definition) is 3. The van der Waals surface area contributed by atoms with Crippen LogP contribution >= 0.6 is 11.6 Å². The summed E-state index contributed by atoms with van der Waals surface area (Å²) in [6, 6.07) is 7.45. The Labute approximate surface area is 97.7 Å². The fourth-order valence-corrected chi connectivity index (χ4v) is 1.47. The maximum absolute atomic E-state index is 11.6. The molecule has 0 saturated carbocycles. The second kappa shape index (κ2) is 4.10. The third-order valence-corrected chi connectivity index (χ3v) is 2.62. The number of halogens is 1. The molecule has 82 valence electrons. The number of hydrogen-bond donors (Lipinski definition) is 0. The highest BCUT2D eigenvalue weighted by atomic mass is 35.5. The van der Waals surface area contributed by atoms with Gasteiger partial charge < -0.3 is 4.42 Å². The minimum atomic E-state index is -0.467. The largest absolute Gasteiger partial charge is 0.423 e. The molecule has 1 heterocycles. The van der Waals surface area contributed by atoms with Crippen molar-refractivity contribution >= 4 is 11.6 Å². The van der Waals surface area contributed by atoms with E-state index in [4.69, 9.17) is 16.0 Å². The molecule has 0 N–H and O–H groups in total. The molecule has 1 aromatic carbocycles. The smallest absolute Gasteiger partial charge is 0.362 e. The molecule has 2 aromatic rings. The molecule has 0 saturated heterocycles. The zero-order chi connectivity index (χ0) is 11.7. The third-order valence-electron chi connectivity index (χ3n) is 2.26. The van der Waals surface area contributed by atoms with Crippen LogP contribution in [0.4, 0.5) is 0 Å². The average Bonchev–Trinajstić information content (AvgIpc) is 2.25. The highest BCUT2D eigenvalue weighted by Gasteiger charge is 2.10. The van der Waals surface area contributed by atoms with Gasteiger partial charge in [-0.1, -0.05) is 41.4 Å². The Hall–Kier alpha value is -1.61. The van der Waals surface area contributed by atoms with Crippen molar-refractivity contribution in [2.24, 2.45) is 0 Å². The molecule has 3 nitrogen and oxygen atoms in total. The van der Waals surface area contributed by atoms with Gasteiger partial charge in [-0.3, -0.25) is 0 Å². The Morgan fingerprint density at radius 3 is 2.44 bits per heavy atom. The normalized spacial score (nSPS) is 10.4. The molecule has 0 spiro atoms. The van der Waals surface area contributed by atoms with E-state index in [1.165, 1.54) is 0 Å². The van der Waals surface area contributed by atoms with E-state index < -0.39 is 5.63 Å². The summed E-state index contributed by atoms with van der Waals surface area (Å²) in [4.78, 5) is 15.6. The lowest BCUT2D eigenvalue weighted by atomic mass is 10.1. The first kappa shape index (κ1) is 10.9. The summed E-state index contributed by atoms with van der Waals surface area (Å²) in [5.41, 5.74) is 1.61. The van der Waals surface area contributed by atoms with Gasteiger partial charge in [0.05, 0.1) is 0 Å². The summed E-state index contributed by atoms with van der Waals surface area (Å²) in [6.45, 7) is 3.58. The first-order valence-corrected chi connectivity index (χ1v) is 5.20. The summed E-state index contributed by atoms with van der Waals surface area (Å²) in [5.74, 6) is 0.336.